The summed E-state index contributed by atoms with van der Waals surface area (Å²) in [5, 5.41) is 0. The zero-order chi connectivity index (χ0) is 18.5. The molecule has 0 N–H and O–H groups in total. The summed E-state index contributed by atoms with van der Waals surface area (Å²) in [6, 6.07) is 6.88. The Kier molecular flexibility index (Phi) is 6.63. The molecule has 1 fully saturated rings. The zero-order valence-corrected chi connectivity index (χ0v) is 15.8. The van der Waals surface area contributed by atoms with Gasteiger partial charge >= 0.3 is 5.97 Å². The predicted molar refractivity (Wildman–Crippen MR) is 95.9 cm³/mol. The van der Waals surface area contributed by atoms with Gasteiger partial charge in [-0.1, -0.05) is 30.5 Å². The standard InChI is InChI=1S/C19H27O5S/c1-4-24-18(20)14-23-13-16-7-5-6-12-19(16,3)25(21,22)17-10-8-15(2)9-11-17/h8-11,16H,3-7,12-14H2,1-2H3. The van der Waals surface area contributed by atoms with Gasteiger partial charge in [-0.15, -0.1) is 0 Å². The lowest BCUT2D eigenvalue weighted by Crippen LogP contribution is -2.47. The number of carbonyl (C=O) groups excluding carboxylic acids is 1. The van der Waals surface area contributed by atoms with E-state index in [1.54, 1.807) is 31.2 Å². The molecule has 6 heteroatoms. The molecular weight excluding hydrogens is 340 g/mol. The maximum atomic E-state index is 13.2. The maximum absolute atomic E-state index is 13.2. The minimum absolute atomic E-state index is 0.162. The number of ether oxygens (including phenoxy) is 2. The lowest BCUT2D eigenvalue weighted by molar-refractivity contribution is -0.149. The van der Waals surface area contributed by atoms with Crippen LogP contribution < -0.4 is 0 Å². The fourth-order valence-corrected chi connectivity index (χ4v) is 5.31. The van der Waals surface area contributed by atoms with E-state index in [0.717, 1.165) is 24.8 Å². The summed E-state index contributed by atoms with van der Waals surface area (Å²) < 4.78 is 35.6. The lowest BCUT2D eigenvalue weighted by atomic mass is 9.80. The van der Waals surface area contributed by atoms with Gasteiger partial charge < -0.3 is 9.47 Å². The first kappa shape index (κ1) is 19.9. The lowest BCUT2D eigenvalue weighted by Gasteiger charge is -2.40. The second kappa shape index (κ2) is 8.32. The molecule has 0 heterocycles. The molecule has 139 valence electrons. The van der Waals surface area contributed by atoms with E-state index in [2.05, 4.69) is 6.92 Å². The molecule has 0 aromatic heterocycles. The van der Waals surface area contributed by atoms with E-state index in [0.29, 0.717) is 17.9 Å². The average molecular weight is 367 g/mol. The molecule has 0 spiro atoms. The van der Waals surface area contributed by atoms with Crippen molar-refractivity contribution >= 4 is 15.8 Å². The van der Waals surface area contributed by atoms with Crippen molar-refractivity contribution in [3.05, 3.63) is 36.8 Å². The summed E-state index contributed by atoms with van der Waals surface area (Å²) in [6.07, 6.45) is 2.98. The van der Waals surface area contributed by atoms with Gasteiger partial charge in [0.1, 0.15) is 6.61 Å². The van der Waals surface area contributed by atoms with E-state index in [1.165, 1.54) is 0 Å². The molecule has 0 saturated heterocycles. The number of hydrogen-bond acceptors (Lipinski definition) is 5. The average Bonchev–Trinajstić information content (AvgIpc) is 2.57. The summed E-state index contributed by atoms with van der Waals surface area (Å²) >= 11 is 0. The fourth-order valence-electron chi connectivity index (χ4n) is 3.31. The molecule has 0 aliphatic heterocycles. The van der Waals surface area contributed by atoms with Gasteiger partial charge in [-0.05, 0) is 45.7 Å². The van der Waals surface area contributed by atoms with Crippen molar-refractivity contribution in [3.63, 3.8) is 0 Å². The third-order valence-electron chi connectivity index (χ3n) is 4.86. The van der Waals surface area contributed by atoms with E-state index in [1.807, 2.05) is 6.92 Å². The topological polar surface area (TPSA) is 69.7 Å². The van der Waals surface area contributed by atoms with Crippen molar-refractivity contribution in [3.8, 4) is 0 Å². The largest absolute Gasteiger partial charge is 0.464 e. The summed E-state index contributed by atoms with van der Waals surface area (Å²) in [4.78, 5) is 11.7. The Morgan fingerprint density at radius 1 is 1.28 bits per heavy atom. The molecule has 0 amide bonds. The van der Waals surface area contributed by atoms with Crippen LogP contribution in [-0.2, 0) is 24.1 Å². The molecular formula is C19H27O5S. The molecule has 2 rings (SSSR count). The van der Waals surface area contributed by atoms with Crippen LogP contribution in [0.5, 0.6) is 0 Å². The maximum Gasteiger partial charge on any atom is 0.332 e. The van der Waals surface area contributed by atoms with Crippen molar-refractivity contribution < 1.29 is 22.7 Å². The minimum Gasteiger partial charge on any atom is -0.464 e. The molecule has 1 radical (unpaired) electrons. The fraction of sp³-hybridized carbons (Fsp3) is 0.579. The van der Waals surface area contributed by atoms with Crippen LogP contribution >= 0.6 is 0 Å². The van der Waals surface area contributed by atoms with Crippen molar-refractivity contribution in [1.29, 1.82) is 0 Å². The first-order chi connectivity index (χ1) is 11.8. The number of esters is 1. The SMILES string of the molecule is [CH2]C1(S(=O)(=O)c2ccc(C)cc2)CCCCC1COCC(=O)OCC. The van der Waals surface area contributed by atoms with Gasteiger partial charge in [0.25, 0.3) is 0 Å². The van der Waals surface area contributed by atoms with Gasteiger partial charge in [-0.3, -0.25) is 0 Å². The number of carbonyl (C=O) groups is 1. The molecule has 1 aromatic carbocycles. The van der Waals surface area contributed by atoms with E-state index in [4.69, 9.17) is 9.47 Å². The molecule has 1 aromatic rings. The highest BCUT2D eigenvalue weighted by Gasteiger charge is 2.48. The second-order valence-corrected chi connectivity index (χ2v) is 8.94. The summed E-state index contributed by atoms with van der Waals surface area (Å²) in [5.41, 5.74) is 1.01. The quantitative estimate of drug-likeness (QED) is 0.693. The van der Waals surface area contributed by atoms with Gasteiger partial charge in [0.15, 0.2) is 9.84 Å². The van der Waals surface area contributed by atoms with Crippen LogP contribution in [0.25, 0.3) is 0 Å². The van der Waals surface area contributed by atoms with Crippen LogP contribution in [0.1, 0.15) is 38.2 Å². The Bertz CT molecular complexity index is 680. The third-order valence-corrected chi connectivity index (χ3v) is 7.36. The normalized spacial score (nSPS) is 24.0. The number of rotatable bonds is 7. The van der Waals surface area contributed by atoms with Crippen LogP contribution in [-0.4, -0.2) is 39.0 Å². The summed E-state index contributed by atoms with van der Waals surface area (Å²) in [5.74, 6) is -0.684. The highest BCUT2D eigenvalue weighted by Crippen LogP contribution is 2.42. The predicted octanol–water partition coefficient (Wildman–Crippen LogP) is 3.11. The molecule has 2 unspecified atom stereocenters. The molecule has 25 heavy (non-hydrogen) atoms. The van der Waals surface area contributed by atoms with Crippen molar-refractivity contribution in [2.45, 2.75) is 49.2 Å². The van der Waals surface area contributed by atoms with Crippen molar-refractivity contribution in [2.75, 3.05) is 19.8 Å². The van der Waals surface area contributed by atoms with Gasteiger partial charge in [0.05, 0.1) is 22.9 Å². The number of sulfone groups is 1. The van der Waals surface area contributed by atoms with Crippen LogP contribution in [0.3, 0.4) is 0 Å². The Labute approximate surface area is 150 Å². The second-order valence-electron chi connectivity index (χ2n) is 6.64. The molecule has 5 nitrogen and oxygen atoms in total. The Morgan fingerprint density at radius 2 is 1.96 bits per heavy atom. The van der Waals surface area contributed by atoms with Crippen LogP contribution in [0, 0.1) is 19.8 Å². The van der Waals surface area contributed by atoms with Gasteiger partial charge in [0.2, 0.25) is 0 Å². The summed E-state index contributed by atoms with van der Waals surface area (Å²) in [7, 11) is -3.60. The molecule has 1 aliphatic carbocycles. The Morgan fingerprint density at radius 3 is 2.60 bits per heavy atom. The van der Waals surface area contributed by atoms with Gasteiger partial charge in [0, 0.05) is 5.92 Å². The molecule has 1 aliphatic rings. The van der Waals surface area contributed by atoms with Crippen LogP contribution in [0.4, 0.5) is 0 Å². The van der Waals surface area contributed by atoms with E-state index in [-0.39, 0.29) is 19.1 Å². The molecule has 1 saturated carbocycles. The van der Waals surface area contributed by atoms with Crippen LogP contribution in [0.15, 0.2) is 29.2 Å². The third kappa shape index (κ3) is 4.42. The number of benzene rings is 1. The van der Waals surface area contributed by atoms with Crippen LogP contribution in [0.2, 0.25) is 0 Å². The van der Waals surface area contributed by atoms with Crippen molar-refractivity contribution in [1.82, 2.24) is 0 Å². The van der Waals surface area contributed by atoms with Crippen molar-refractivity contribution in [2.24, 2.45) is 5.92 Å². The molecule has 2 atom stereocenters. The number of hydrogen-bond donors (Lipinski definition) is 0. The van der Waals surface area contributed by atoms with E-state index in [9.17, 15) is 13.2 Å². The van der Waals surface area contributed by atoms with E-state index >= 15 is 0 Å². The smallest absolute Gasteiger partial charge is 0.332 e. The first-order valence-corrected chi connectivity index (χ1v) is 10.2. The highest BCUT2D eigenvalue weighted by atomic mass is 32.2. The van der Waals surface area contributed by atoms with Gasteiger partial charge in [-0.25, -0.2) is 13.2 Å². The summed E-state index contributed by atoms with van der Waals surface area (Å²) in [6.45, 7) is 8.11. The minimum atomic E-state index is -3.60. The monoisotopic (exact) mass is 367 g/mol. The Hall–Kier alpha value is -1.40. The first-order valence-electron chi connectivity index (χ1n) is 8.71. The zero-order valence-electron chi connectivity index (χ0n) is 15.0. The van der Waals surface area contributed by atoms with Gasteiger partial charge in [-0.2, -0.15) is 0 Å². The Balaban J connectivity index is 2.16. The molecule has 0 bridgehead atoms. The van der Waals surface area contributed by atoms with E-state index < -0.39 is 20.6 Å². The number of aryl methyl sites for hydroxylation is 1. The highest BCUT2D eigenvalue weighted by molar-refractivity contribution is 7.93.